The SMILES string of the molecule is CCC(=O)Nc1cccc(C(=O)NCC(C)N2CCN(c3ccccc3)CC2)c1. The number of nitrogens with one attached hydrogen (secondary N) is 2. The highest BCUT2D eigenvalue weighted by Gasteiger charge is 2.21. The summed E-state index contributed by atoms with van der Waals surface area (Å²) in [6.45, 7) is 8.47. The number of carbonyl (C=O) groups is 2. The van der Waals surface area contributed by atoms with Crippen LogP contribution in [0.3, 0.4) is 0 Å². The molecule has 1 unspecified atom stereocenters. The van der Waals surface area contributed by atoms with Gasteiger partial charge >= 0.3 is 0 Å². The standard InChI is InChI=1S/C23H30N4O2/c1-3-22(28)25-20-9-7-8-19(16-20)23(29)24-17-18(2)26-12-14-27(15-13-26)21-10-5-4-6-11-21/h4-11,16,18H,3,12-15,17H2,1-2H3,(H,24,29)(H,25,28). The second-order valence-electron chi connectivity index (χ2n) is 7.40. The predicted molar refractivity (Wildman–Crippen MR) is 117 cm³/mol. The van der Waals surface area contributed by atoms with Gasteiger partial charge in [-0.1, -0.05) is 31.2 Å². The van der Waals surface area contributed by atoms with Gasteiger partial charge in [-0.05, 0) is 37.3 Å². The number of amides is 2. The molecule has 1 aliphatic heterocycles. The minimum Gasteiger partial charge on any atom is -0.369 e. The third kappa shape index (κ3) is 5.81. The largest absolute Gasteiger partial charge is 0.369 e. The lowest BCUT2D eigenvalue weighted by molar-refractivity contribution is -0.115. The van der Waals surface area contributed by atoms with E-state index in [4.69, 9.17) is 0 Å². The van der Waals surface area contributed by atoms with E-state index in [0.717, 1.165) is 26.2 Å². The van der Waals surface area contributed by atoms with E-state index in [9.17, 15) is 9.59 Å². The van der Waals surface area contributed by atoms with Gasteiger partial charge in [0.1, 0.15) is 0 Å². The molecule has 2 amide bonds. The highest BCUT2D eigenvalue weighted by Crippen LogP contribution is 2.16. The molecule has 0 radical (unpaired) electrons. The molecule has 6 nitrogen and oxygen atoms in total. The van der Waals surface area contributed by atoms with Crippen LogP contribution in [0.2, 0.25) is 0 Å². The van der Waals surface area contributed by atoms with Crippen LogP contribution >= 0.6 is 0 Å². The fourth-order valence-corrected chi connectivity index (χ4v) is 3.52. The molecular formula is C23H30N4O2. The van der Waals surface area contributed by atoms with Crippen molar-refractivity contribution < 1.29 is 9.59 Å². The smallest absolute Gasteiger partial charge is 0.251 e. The van der Waals surface area contributed by atoms with Gasteiger partial charge in [0.15, 0.2) is 0 Å². The molecule has 1 aliphatic rings. The van der Waals surface area contributed by atoms with E-state index in [1.165, 1.54) is 5.69 Å². The highest BCUT2D eigenvalue weighted by molar-refractivity contribution is 5.97. The maximum Gasteiger partial charge on any atom is 0.251 e. The third-order valence-electron chi connectivity index (χ3n) is 5.35. The van der Waals surface area contributed by atoms with E-state index in [1.807, 2.05) is 6.07 Å². The molecule has 1 atom stereocenters. The van der Waals surface area contributed by atoms with Crippen LogP contribution in [0.15, 0.2) is 54.6 Å². The molecule has 0 saturated carbocycles. The van der Waals surface area contributed by atoms with Gasteiger partial charge in [0.05, 0.1) is 0 Å². The van der Waals surface area contributed by atoms with Crippen molar-refractivity contribution in [2.45, 2.75) is 26.3 Å². The van der Waals surface area contributed by atoms with Gasteiger partial charge in [0.25, 0.3) is 5.91 Å². The quantitative estimate of drug-likeness (QED) is 0.758. The molecule has 29 heavy (non-hydrogen) atoms. The lowest BCUT2D eigenvalue weighted by Crippen LogP contribution is -2.52. The summed E-state index contributed by atoms with van der Waals surface area (Å²) < 4.78 is 0. The Morgan fingerprint density at radius 3 is 2.41 bits per heavy atom. The van der Waals surface area contributed by atoms with Crippen molar-refractivity contribution in [3.63, 3.8) is 0 Å². The monoisotopic (exact) mass is 394 g/mol. The van der Waals surface area contributed by atoms with E-state index in [1.54, 1.807) is 31.2 Å². The fourth-order valence-electron chi connectivity index (χ4n) is 3.52. The summed E-state index contributed by atoms with van der Waals surface area (Å²) in [5.41, 5.74) is 2.47. The molecule has 1 saturated heterocycles. The summed E-state index contributed by atoms with van der Waals surface area (Å²) in [5.74, 6) is -0.182. The molecule has 0 bridgehead atoms. The second kappa shape index (κ2) is 10.1. The molecule has 3 rings (SSSR count). The van der Waals surface area contributed by atoms with Crippen LogP contribution in [0.25, 0.3) is 0 Å². The molecule has 1 heterocycles. The van der Waals surface area contributed by atoms with Crippen molar-refractivity contribution in [3.05, 3.63) is 60.2 Å². The molecule has 0 aromatic heterocycles. The van der Waals surface area contributed by atoms with Gasteiger partial charge in [-0.25, -0.2) is 0 Å². The van der Waals surface area contributed by atoms with Crippen LogP contribution in [0, 0.1) is 0 Å². The third-order valence-corrected chi connectivity index (χ3v) is 5.35. The highest BCUT2D eigenvalue weighted by atomic mass is 16.2. The molecule has 2 N–H and O–H groups in total. The summed E-state index contributed by atoms with van der Waals surface area (Å²) in [7, 11) is 0. The Hall–Kier alpha value is -2.86. The minimum atomic E-state index is -0.118. The molecule has 0 spiro atoms. The Balaban J connectivity index is 1.47. The average molecular weight is 395 g/mol. The summed E-state index contributed by atoms with van der Waals surface area (Å²) in [5, 5.41) is 5.82. The van der Waals surface area contributed by atoms with Crippen LogP contribution in [0.1, 0.15) is 30.6 Å². The first kappa shape index (κ1) is 20.9. The maximum atomic E-state index is 12.5. The van der Waals surface area contributed by atoms with Gasteiger partial charge in [-0.3, -0.25) is 14.5 Å². The Kier molecular flexibility index (Phi) is 7.25. The van der Waals surface area contributed by atoms with Crippen LogP contribution in [-0.4, -0.2) is 55.5 Å². The van der Waals surface area contributed by atoms with Crippen molar-refractivity contribution in [2.24, 2.45) is 0 Å². The zero-order chi connectivity index (χ0) is 20.6. The molecule has 6 heteroatoms. The van der Waals surface area contributed by atoms with Crippen molar-refractivity contribution in [1.82, 2.24) is 10.2 Å². The number of nitrogens with zero attached hydrogens (tertiary/aromatic N) is 2. The number of hydrogen-bond donors (Lipinski definition) is 2. The van der Waals surface area contributed by atoms with Gasteiger partial charge in [0, 0.05) is 62.1 Å². The molecule has 2 aromatic rings. The van der Waals surface area contributed by atoms with E-state index in [-0.39, 0.29) is 17.9 Å². The van der Waals surface area contributed by atoms with E-state index >= 15 is 0 Å². The van der Waals surface area contributed by atoms with Crippen LogP contribution < -0.4 is 15.5 Å². The Labute approximate surface area is 172 Å². The van der Waals surface area contributed by atoms with Crippen LogP contribution in [0.5, 0.6) is 0 Å². The Morgan fingerprint density at radius 1 is 1.00 bits per heavy atom. The average Bonchev–Trinajstić information content (AvgIpc) is 2.78. The summed E-state index contributed by atoms with van der Waals surface area (Å²) in [4.78, 5) is 28.9. The van der Waals surface area contributed by atoms with Crippen molar-refractivity contribution >= 4 is 23.2 Å². The molecule has 154 valence electrons. The number of piperazine rings is 1. The van der Waals surface area contributed by atoms with Gasteiger partial charge in [-0.15, -0.1) is 0 Å². The van der Waals surface area contributed by atoms with E-state index < -0.39 is 0 Å². The molecule has 2 aromatic carbocycles. The Morgan fingerprint density at radius 2 is 1.72 bits per heavy atom. The molecular weight excluding hydrogens is 364 g/mol. The topological polar surface area (TPSA) is 64.7 Å². The van der Waals surface area contributed by atoms with Crippen molar-refractivity contribution in [3.8, 4) is 0 Å². The predicted octanol–water partition coefficient (Wildman–Crippen LogP) is 2.98. The normalized spacial score (nSPS) is 15.6. The first-order valence-corrected chi connectivity index (χ1v) is 10.3. The van der Waals surface area contributed by atoms with Crippen molar-refractivity contribution in [2.75, 3.05) is 42.9 Å². The first-order chi connectivity index (χ1) is 14.1. The summed E-state index contributed by atoms with van der Waals surface area (Å²) in [6.07, 6.45) is 0.408. The fraction of sp³-hybridized carbons (Fsp3) is 0.391. The number of anilines is 2. The lowest BCUT2D eigenvalue weighted by atomic mass is 10.1. The zero-order valence-electron chi connectivity index (χ0n) is 17.2. The summed E-state index contributed by atoms with van der Waals surface area (Å²) in [6, 6.07) is 17.8. The van der Waals surface area contributed by atoms with Gasteiger partial charge < -0.3 is 15.5 Å². The number of hydrogen-bond acceptors (Lipinski definition) is 4. The number of carbonyl (C=O) groups excluding carboxylic acids is 2. The van der Waals surface area contributed by atoms with Crippen molar-refractivity contribution in [1.29, 1.82) is 0 Å². The van der Waals surface area contributed by atoms with Crippen LogP contribution in [0.4, 0.5) is 11.4 Å². The van der Waals surface area contributed by atoms with E-state index in [2.05, 4.69) is 51.6 Å². The zero-order valence-corrected chi connectivity index (χ0v) is 17.2. The lowest BCUT2D eigenvalue weighted by Gasteiger charge is -2.39. The Bertz CT molecular complexity index is 817. The number of rotatable bonds is 7. The number of para-hydroxylation sites is 1. The van der Waals surface area contributed by atoms with Crippen LogP contribution in [-0.2, 0) is 4.79 Å². The molecule has 1 fully saturated rings. The number of benzene rings is 2. The minimum absolute atomic E-state index is 0.0641. The second-order valence-corrected chi connectivity index (χ2v) is 7.40. The maximum absolute atomic E-state index is 12.5. The molecule has 0 aliphatic carbocycles. The summed E-state index contributed by atoms with van der Waals surface area (Å²) >= 11 is 0. The first-order valence-electron chi connectivity index (χ1n) is 10.3. The van der Waals surface area contributed by atoms with Gasteiger partial charge in [0.2, 0.25) is 5.91 Å². The van der Waals surface area contributed by atoms with E-state index in [0.29, 0.717) is 24.2 Å². The van der Waals surface area contributed by atoms with Gasteiger partial charge in [-0.2, -0.15) is 0 Å².